The second kappa shape index (κ2) is 7.58. The Bertz CT molecular complexity index is 993. The number of piperazine rings is 1. The maximum atomic E-state index is 13.3. The van der Waals surface area contributed by atoms with Crippen molar-refractivity contribution in [1.29, 1.82) is 0 Å². The van der Waals surface area contributed by atoms with Gasteiger partial charge in [0.1, 0.15) is 11.7 Å². The average Bonchev–Trinajstić information content (AvgIpc) is 3.19. The molecule has 7 nitrogen and oxygen atoms in total. The summed E-state index contributed by atoms with van der Waals surface area (Å²) in [4.78, 5) is 18.3. The number of carbonyl (C=O) groups excluding carboxylic acids is 1. The van der Waals surface area contributed by atoms with E-state index in [0.29, 0.717) is 24.5 Å². The van der Waals surface area contributed by atoms with Crippen molar-refractivity contribution in [2.45, 2.75) is 63.4 Å². The molecule has 1 aromatic rings. The molecule has 1 aromatic carbocycles. The van der Waals surface area contributed by atoms with Gasteiger partial charge in [-0.3, -0.25) is 14.6 Å². The molecule has 3 saturated heterocycles. The first-order chi connectivity index (χ1) is 16.5. The minimum Gasteiger partial charge on any atom is -0.455 e. The first-order valence-corrected chi connectivity index (χ1v) is 13.2. The topological polar surface area (TPSA) is 63.8 Å². The summed E-state index contributed by atoms with van der Waals surface area (Å²) in [7, 11) is 0. The van der Waals surface area contributed by atoms with Gasteiger partial charge in [-0.1, -0.05) is 13.0 Å². The van der Waals surface area contributed by atoms with Gasteiger partial charge < -0.3 is 18.9 Å². The van der Waals surface area contributed by atoms with Crippen LogP contribution in [0.3, 0.4) is 0 Å². The van der Waals surface area contributed by atoms with Gasteiger partial charge in [0, 0.05) is 51.1 Å². The van der Waals surface area contributed by atoms with E-state index in [-0.39, 0.29) is 29.2 Å². The monoisotopic (exact) mass is 468 g/mol. The maximum absolute atomic E-state index is 13.3. The summed E-state index contributed by atoms with van der Waals surface area (Å²) in [6.45, 7) is 10.6. The van der Waals surface area contributed by atoms with Crippen molar-refractivity contribution in [3.8, 4) is 11.5 Å². The van der Waals surface area contributed by atoms with Gasteiger partial charge in [-0.15, -0.1) is 0 Å². The number of hydrogen-bond acceptors (Lipinski definition) is 7. The van der Waals surface area contributed by atoms with Crippen LogP contribution < -0.4 is 9.47 Å². The highest BCUT2D eigenvalue weighted by Crippen LogP contribution is 2.66. The Morgan fingerprint density at radius 3 is 2.65 bits per heavy atom. The molecule has 0 aromatic heterocycles. The number of ether oxygens (including phenoxy) is 4. The first kappa shape index (κ1) is 21.5. The quantitative estimate of drug-likeness (QED) is 0.497. The Kier molecular flexibility index (Phi) is 4.78. The van der Waals surface area contributed by atoms with Crippen molar-refractivity contribution in [2.24, 2.45) is 23.7 Å². The molecule has 184 valence electrons. The van der Waals surface area contributed by atoms with Crippen molar-refractivity contribution < 1.29 is 23.7 Å². The van der Waals surface area contributed by atoms with Crippen molar-refractivity contribution >= 4 is 5.97 Å². The highest BCUT2D eigenvalue weighted by atomic mass is 16.7. The van der Waals surface area contributed by atoms with Crippen molar-refractivity contribution in [3.05, 3.63) is 23.8 Å². The predicted octanol–water partition coefficient (Wildman–Crippen LogP) is 3.06. The lowest BCUT2D eigenvalue weighted by Crippen LogP contribution is -2.58. The van der Waals surface area contributed by atoms with Gasteiger partial charge in [0.25, 0.3) is 0 Å². The molecule has 7 heteroatoms. The first-order valence-electron chi connectivity index (χ1n) is 13.2. The second-order valence-corrected chi connectivity index (χ2v) is 11.8. The fraction of sp³-hybridized carbons (Fsp3) is 0.741. The third-order valence-electron chi connectivity index (χ3n) is 9.85. The summed E-state index contributed by atoms with van der Waals surface area (Å²) in [5, 5.41) is 0. The number of carbonyl (C=O) groups is 1. The molecule has 2 saturated carbocycles. The molecule has 7 rings (SSSR count). The Morgan fingerprint density at radius 1 is 1.00 bits per heavy atom. The van der Waals surface area contributed by atoms with E-state index in [1.54, 1.807) is 0 Å². The number of epoxide rings is 1. The lowest BCUT2D eigenvalue weighted by molar-refractivity contribution is -0.168. The van der Waals surface area contributed by atoms with Crippen LogP contribution in [-0.4, -0.2) is 72.6 Å². The van der Waals surface area contributed by atoms with Gasteiger partial charge in [-0.2, -0.15) is 0 Å². The lowest BCUT2D eigenvalue weighted by atomic mass is 9.55. The van der Waals surface area contributed by atoms with Crippen LogP contribution in [0, 0.1) is 23.7 Å². The average molecular weight is 469 g/mol. The molecular formula is C27H36N2O5. The molecule has 0 amide bonds. The van der Waals surface area contributed by atoms with E-state index in [1.165, 1.54) is 12.0 Å². The molecule has 1 unspecified atom stereocenters. The minimum atomic E-state index is -0.367. The van der Waals surface area contributed by atoms with Gasteiger partial charge in [0.05, 0.1) is 11.5 Å². The van der Waals surface area contributed by atoms with E-state index in [0.717, 1.165) is 70.0 Å². The SMILES string of the molecule is C[C@@H]1CC[C@H]2C(CN3CCN(Cc4ccc5c(c4)OCO5)CC3)C(=O)O[C@]23[C@H]1CC[C@@]1(C)O[C@@H]31. The van der Waals surface area contributed by atoms with Crippen LogP contribution in [0.4, 0.5) is 0 Å². The van der Waals surface area contributed by atoms with Crippen molar-refractivity contribution in [1.82, 2.24) is 9.80 Å². The third-order valence-corrected chi connectivity index (χ3v) is 9.85. The molecule has 7 atom stereocenters. The van der Waals surface area contributed by atoms with E-state index >= 15 is 0 Å². The molecular weight excluding hydrogens is 432 g/mol. The standard InChI is InChI=1S/C27H36N2O5/c1-17-3-5-21-19(24(30)33-27(21)20(17)7-8-26(2)25(27)34-26)15-29-11-9-28(10-12-29)14-18-4-6-22-23(13-18)32-16-31-22/h4,6,13,17,19-21,25H,3,5,7-12,14-16H2,1-2H3/t17-,19?,20+,21+,25-,26-,27-/m1/s1. The number of esters is 1. The van der Waals surface area contributed by atoms with Crippen molar-refractivity contribution in [2.75, 3.05) is 39.5 Å². The second-order valence-electron chi connectivity index (χ2n) is 11.8. The molecule has 34 heavy (non-hydrogen) atoms. The Hall–Kier alpha value is -1.83. The van der Waals surface area contributed by atoms with E-state index in [9.17, 15) is 4.79 Å². The summed E-state index contributed by atoms with van der Waals surface area (Å²) < 4.78 is 23.6. The molecule has 6 aliphatic rings. The molecule has 1 spiro atoms. The maximum Gasteiger partial charge on any atom is 0.311 e. The zero-order valence-electron chi connectivity index (χ0n) is 20.3. The van der Waals surface area contributed by atoms with Crippen LogP contribution in [-0.2, 0) is 20.8 Å². The van der Waals surface area contributed by atoms with E-state index < -0.39 is 0 Å². The summed E-state index contributed by atoms with van der Waals surface area (Å²) in [5.41, 5.74) is 0.820. The zero-order valence-corrected chi connectivity index (χ0v) is 20.3. The van der Waals surface area contributed by atoms with Crippen LogP contribution in [0.1, 0.15) is 45.1 Å². The van der Waals surface area contributed by atoms with E-state index in [1.807, 2.05) is 6.07 Å². The summed E-state index contributed by atoms with van der Waals surface area (Å²) >= 11 is 0. The molecule has 0 N–H and O–H groups in total. The van der Waals surface area contributed by atoms with Crippen LogP contribution in [0.2, 0.25) is 0 Å². The van der Waals surface area contributed by atoms with Gasteiger partial charge in [0.15, 0.2) is 11.5 Å². The summed E-state index contributed by atoms with van der Waals surface area (Å²) in [6.07, 6.45) is 4.64. The fourth-order valence-corrected chi connectivity index (χ4v) is 7.97. The fourth-order valence-electron chi connectivity index (χ4n) is 7.97. The number of benzene rings is 1. The van der Waals surface area contributed by atoms with Gasteiger partial charge in [-0.25, -0.2) is 0 Å². The number of fused-ring (bicyclic) bond motifs is 2. The minimum absolute atomic E-state index is 0.0121. The molecule has 0 bridgehead atoms. The molecule has 5 fully saturated rings. The van der Waals surface area contributed by atoms with Crippen LogP contribution in [0.5, 0.6) is 11.5 Å². The van der Waals surface area contributed by atoms with Crippen molar-refractivity contribution in [3.63, 3.8) is 0 Å². The highest BCUT2D eigenvalue weighted by Gasteiger charge is 2.77. The molecule has 2 aliphatic carbocycles. The van der Waals surface area contributed by atoms with Crippen LogP contribution in [0.15, 0.2) is 18.2 Å². The Labute approximate surface area is 201 Å². The molecule has 4 aliphatic heterocycles. The summed E-state index contributed by atoms with van der Waals surface area (Å²) in [6, 6.07) is 6.24. The number of rotatable bonds is 4. The van der Waals surface area contributed by atoms with Gasteiger partial charge >= 0.3 is 5.97 Å². The van der Waals surface area contributed by atoms with Gasteiger partial charge in [-0.05, 0) is 56.2 Å². The number of hydrogen-bond donors (Lipinski definition) is 0. The van der Waals surface area contributed by atoms with Gasteiger partial charge in [0.2, 0.25) is 6.79 Å². The smallest absolute Gasteiger partial charge is 0.311 e. The molecule has 4 heterocycles. The number of nitrogens with zero attached hydrogens (tertiary/aromatic N) is 2. The third kappa shape index (κ3) is 3.16. The predicted molar refractivity (Wildman–Crippen MR) is 124 cm³/mol. The Balaban J connectivity index is 1.01. The molecule has 0 radical (unpaired) electrons. The largest absolute Gasteiger partial charge is 0.455 e. The van der Waals surface area contributed by atoms with Crippen LogP contribution in [0.25, 0.3) is 0 Å². The highest BCUT2D eigenvalue weighted by molar-refractivity contribution is 5.77. The summed E-state index contributed by atoms with van der Waals surface area (Å²) in [5.74, 6) is 3.08. The van der Waals surface area contributed by atoms with Crippen LogP contribution >= 0.6 is 0 Å². The van der Waals surface area contributed by atoms with E-state index in [2.05, 4.69) is 35.8 Å². The van der Waals surface area contributed by atoms with E-state index in [4.69, 9.17) is 18.9 Å². The Morgan fingerprint density at radius 2 is 1.79 bits per heavy atom. The lowest BCUT2D eigenvalue weighted by Gasteiger charge is -2.50. The zero-order chi connectivity index (χ0) is 23.1. The normalized spacial score (nSPS) is 43.1.